The van der Waals surface area contributed by atoms with Crippen molar-refractivity contribution in [2.24, 2.45) is 9.98 Å². The normalized spacial score (nSPS) is 13.6. The van der Waals surface area contributed by atoms with E-state index >= 15 is 123 Å². The molecule has 2 aromatic heterocycles. The van der Waals surface area contributed by atoms with E-state index in [-0.39, 0.29) is 0 Å². The minimum Gasteiger partial charge on any atom is -0.353 e. The van der Waals surface area contributed by atoms with E-state index in [1.54, 1.807) is 0 Å². The summed E-state index contributed by atoms with van der Waals surface area (Å²) in [6.45, 7) is 0. The van der Waals surface area contributed by atoms with Crippen molar-refractivity contribution in [3.8, 4) is 44.5 Å². The fraction of sp³-hybridized carbons (Fsp3) is 0. The van der Waals surface area contributed by atoms with Gasteiger partial charge in [-0.15, -0.1) is 0 Å². The Kier molecular flexibility index (Phi) is 20.3. The highest BCUT2D eigenvalue weighted by Crippen LogP contribution is 2.57. The molecular formula is C92H34F28N4. The van der Waals surface area contributed by atoms with Gasteiger partial charge in [-0.3, -0.25) is 0 Å². The molecule has 0 saturated heterocycles. The average Bonchev–Trinajstić information content (AvgIpc) is 1.53. The highest BCUT2D eigenvalue weighted by Gasteiger charge is 2.46. The number of nitrogens with zero attached hydrogens (tertiary/aromatic N) is 2. The maximum absolute atomic E-state index is 18.6. The number of allylic oxidation sites excluding steroid dienone is 4. The molecular weight excluding hydrogens is 1690 g/mol. The standard InChI is InChI=1S/C92H34F28N4/c93-41-17-1-33(2-18-41)49-50(34-3-19-42(94)20-4-34)86-62(58-67(103)75(111)82(118)76(112)68(58)104)88-53(37-9-25-45(97)26-10-37)54(38-11-27-46(98)28-12-38)90(123-88)64(60-71(107)79(115)84(120)80(116)72(60)108)92-56(40-15-31-48(100)32-16-40)55(39-13-29-47(99)30-14-39)91(124-92)63(59-69(105)77(113)83(119)78(114)70(59)106)89-52(36-7-23-44(96)24-8-36)51(35-5-21-43(95)22-6-35)87(122-89)61(85(49)121-86)57-65(101)73(109)81(117)74(110)66(57)102/h1-32,121,124H. The summed E-state index contributed by atoms with van der Waals surface area (Å²) in [7, 11) is 0. The number of rotatable bonds is 12. The summed E-state index contributed by atoms with van der Waals surface area (Å²) >= 11 is 0. The molecule has 0 saturated carbocycles. The third-order valence-electron chi connectivity index (χ3n) is 20.7. The second-order valence-electron chi connectivity index (χ2n) is 27.7. The number of aliphatic imine (C=N–C) groups is 2. The lowest BCUT2D eigenvalue weighted by Gasteiger charge is -2.19. The van der Waals surface area contributed by atoms with Crippen molar-refractivity contribution in [1.82, 2.24) is 9.97 Å². The van der Waals surface area contributed by atoms with Crippen LogP contribution in [0, 0.1) is 163 Å². The molecule has 8 bridgehead atoms. The van der Waals surface area contributed by atoms with Gasteiger partial charge in [0, 0.05) is 66.8 Å². The van der Waals surface area contributed by atoms with Crippen LogP contribution < -0.4 is 10.7 Å². The van der Waals surface area contributed by atoms with Crippen LogP contribution >= 0.6 is 0 Å². The predicted octanol–water partition coefficient (Wildman–Crippen LogP) is 24.7. The van der Waals surface area contributed by atoms with Gasteiger partial charge in [0.05, 0.1) is 67.2 Å². The van der Waals surface area contributed by atoms with Gasteiger partial charge >= 0.3 is 0 Å². The minimum atomic E-state index is -3.04. The molecule has 2 aliphatic heterocycles. The molecule has 0 amide bonds. The van der Waals surface area contributed by atoms with E-state index in [2.05, 4.69) is 9.97 Å². The lowest BCUT2D eigenvalue weighted by atomic mass is 9.83. The van der Waals surface area contributed by atoms with Gasteiger partial charge in [-0.2, -0.15) is 0 Å². The zero-order chi connectivity index (χ0) is 88.1. The van der Waals surface area contributed by atoms with Gasteiger partial charge in [-0.05, 0) is 142 Å². The zero-order valence-electron chi connectivity index (χ0n) is 61.0. The molecule has 4 heterocycles. The van der Waals surface area contributed by atoms with E-state index in [9.17, 15) is 0 Å². The lowest BCUT2D eigenvalue weighted by molar-refractivity contribution is 0.376. The average molecular weight is 1730 g/mol. The van der Waals surface area contributed by atoms with Crippen LogP contribution in [0.4, 0.5) is 123 Å². The topological polar surface area (TPSA) is 56.3 Å². The fourth-order valence-corrected chi connectivity index (χ4v) is 15.4. The van der Waals surface area contributed by atoms with Gasteiger partial charge in [0.2, 0.25) is 23.3 Å². The van der Waals surface area contributed by atoms with Gasteiger partial charge in [0.15, 0.2) is 93.1 Å². The van der Waals surface area contributed by atoms with Crippen molar-refractivity contribution >= 4 is 56.0 Å². The molecule has 17 rings (SSSR count). The van der Waals surface area contributed by atoms with Crippen molar-refractivity contribution in [3.63, 3.8) is 0 Å². The molecule has 2 N–H and O–H groups in total. The molecule has 14 aromatic rings. The van der Waals surface area contributed by atoms with Crippen LogP contribution in [0.3, 0.4) is 0 Å². The minimum absolute atomic E-state index is 0.548. The van der Waals surface area contributed by atoms with E-state index in [0.29, 0.717) is 194 Å². The van der Waals surface area contributed by atoms with Crippen molar-refractivity contribution in [2.45, 2.75) is 0 Å². The Bertz CT molecular complexity index is 6780. The molecule has 0 spiro atoms. The third kappa shape index (κ3) is 13.0. The summed E-state index contributed by atoms with van der Waals surface area (Å²) in [5.41, 5.74) is -41.9. The number of hydrogen-bond acceptors (Lipinski definition) is 2. The van der Waals surface area contributed by atoms with Crippen molar-refractivity contribution < 1.29 is 123 Å². The molecule has 0 unspecified atom stereocenters. The molecule has 0 atom stereocenters. The quantitative estimate of drug-likeness (QED) is 0.0696. The van der Waals surface area contributed by atoms with E-state index in [1.807, 2.05) is 0 Å². The number of H-pyrrole nitrogens is 2. The van der Waals surface area contributed by atoms with Crippen LogP contribution in [0.15, 0.2) is 216 Å². The first-order chi connectivity index (χ1) is 59.2. The molecule has 0 fully saturated rings. The third-order valence-corrected chi connectivity index (χ3v) is 20.7. The molecule has 618 valence electrons. The van der Waals surface area contributed by atoms with Gasteiger partial charge in [0.1, 0.15) is 46.5 Å². The summed E-state index contributed by atoms with van der Waals surface area (Å²) in [6, 6.07) is 19.8. The molecule has 1 aliphatic carbocycles. The number of hydrogen-bond donors (Lipinski definition) is 2. The number of aromatic amines is 2. The summed E-state index contributed by atoms with van der Waals surface area (Å²) in [5.74, 6) is -70.0. The van der Waals surface area contributed by atoms with Crippen molar-refractivity contribution in [2.75, 3.05) is 0 Å². The maximum Gasteiger partial charge on any atom is 0.200 e. The Labute approximate surface area is 675 Å². The summed E-state index contributed by atoms with van der Waals surface area (Å²) in [5, 5.41) is -3.05. The zero-order valence-corrected chi connectivity index (χ0v) is 61.0. The predicted molar refractivity (Wildman–Crippen MR) is 399 cm³/mol. The Morgan fingerprint density at radius 2 is 0.315 bits per heavy atom. The van der Waals surface area contributed by atoms with Crippen molar-refractivity contribution in [1.29, 1.82) is 0 Å². The monoisotopic (exact) mass is 1730 g/mol. The van der Waals surface area contributed by atoms with Crippen LogP contribution in [-0.4, -0.2) is 21.4 Å². The van der Waals surface area contributed by atoms with Gasteiger partial charge in [-0.1, -0.05) is 97.1 Å². The highest BCUT2D eigenvalue weighted by atomic mass is 19.2. The van der Waals surface area contributed by atoms with Crippen molar-refractivity contribution in [3.05, 3.63) is 435 Å². The Balaban J connectivity index is 1.35. The Hall–Kier alpha value is -14.7. The molecule has 4 nitrogen and oxygen atoms in total. The number of halogens is 28. The number of fused-ring (bicyclic) bond motifs is 10. The van der Waals surface area contributed by atoms with Gasteiger partial charge in [0.25, 0.3) is 0 Å². The van der Waals surface area contributed by atoms with Crippen LogP contribution in [0.5, 0.6) is 0 Å². The molecule has 3 aliphatic rings. The van der Waals surface area contributed by atoms with Crippen LogP contribution in [0.25, 0.3) is 89.1 Å². The highest BCUT2D eigenvalue weighted by molar-refractivity contribution is 6.53. The summed E-state index contributed by atoms with van der Waals surface area (Å²) in [4.78, 5) is 14.4. The lowest BCUT2D eigenvalue weighted by Crippen LogP contribution is -2.26. The van der Waals surface area contributed by atoms with E-state index in [0.717, 1.165) is 0 Å². The second-order valence-corrected chi connectivity index (χ2v) is 27.7. The van der Waals surface area contributed by atoms with E-state index in [1.165, 1.54) is 0 Å². The second kappa shape index (κ2) is 30.8. The maximum atomic E-state index is 18.6. The number of nitrogens with one attached hydrogen (secondary N) is 2. The first kappa shape index (κ1) is 81.6. The van der Waals surface area contributed by atoms with E-state index in [4.69, 9.17) is 9.98 Å². The fourth-order valence-electron chi connectivity index (χ4n) is 15.4. The summed E-state index contributed by atoms with van der Waals surface area (Å²) < 4.78 is 480. The van der Waals surface area contributed by atoms with Gasteiger partial charge in [-0.25, -0.2) is 133 Å². The smallest absolute Gasteiger partial charge is 0.200 e. The molecule has 12 aromatic carbocycles. The van der Waals surface area contributed by atoms with Crippen LogP contribution in [0.1, 0.15) is 55.9 Å². The summed E-state index contributed by atoms with van der Waals surface area (Å²) in [6.07, 6.45) is 0. The first-order valence-electron chi connectivity index (χ1n) is 35.8. The molecule has 0 radical (unpaired) electrons. The van der Waals surface area contributed by atoms with Gasteiger partial charge < -0.3 is 9.97 Å². The number of aromatic nitrogens is 2. The Morgan fingerprint density at radius 3 is 0.524 bits per heavy atom. The molecule has 32 heteroatoms. The SMILES string of the molecule is Fc1ccc(C2=C(c3ccc(F)cc3)C3=C(c4c(F)c(F)c(F)c(F)c4F)c4[nH]c(c(-c5ccc(F)cc5)c4-c4ccc(F)cc4)C(c4c(F)c(F)c(F)c(F)c4F)=C4N=C(C(c5ccc(F)cc5)=C4c4ccc(F)cc4)C(c4c(F)c(F)c(F)c(F)c4F)=c4[nH]c(c(-c5ccc(F)cc5)c4-c4ccc(F)cc4)=C(c4c(F)c(F)c(F)c(F)c4F)C2=N3)cc1. The van der Waals surface area contributed by atoms with E-state index < -0.39 is 341 Å². The first-order valence-corrected chi connectivity index (χ1v) is 35.8. The number of benzene rings is 12. The molecule has 124 heavy (non-hydrogen) atoms. The Morgan fingerprint density at radius 1 is 0.145 bits per heavy atom. The van der Waals surface area contributed by atoms with Crippen LogP contribution in [-0.2, 0) is 0 Å². The largest absolute Gasteiger partial charge is 0.353 e. The van der Waals surface area contributed by atoms with Crippen LogP contribution in [0.2, 0.25) is 0 Å².